The third-order valence-corrected chi connectivity index (χ3v) is 7.20. The summed E-state index contributed by atoms with van der Waals surface area (Å²) in [4.78, 5) is 52.8. The van der Waals surface area contributed by atoms with Crippen LogP contribution in [0.4, 0.5) is 13.2 Å². The van der Waals surface area contributed by atoms with E-state index in [1.165, 1.54) is 0 Å². The van der Waals surface area contributed by atoms with E-state index in [0.717, 1.165) is 24.8 Å². The molecule has 1 atom stereocenters. The van der Waals surface area contributed by atoms with Gasteiger partial charge in [0.05, 0.1) is 13.5 Å². The molecule has 1 fully saturated rings. The van der Waals surface area contributed by atoms with Crippen LogP contribution in [0, 0.1) is 30.3 Å². The van der Waals surface area contributed by atoms with Gasteiger partial charge in [-0.25, -0.2) is 8.78 Å². The molecule has 216 valence electrons. The first-order chi connectivity index (χ1) is 19.6. The van der Waals surface area contributed by atoms with Crippen LogP contribution in [0.1, 0.15) is 35.2 Å². The van der Waals surface area contributed by atoms with Gasteiger partial charge in [0, 0.05) is 36.2 Å². The number of ether oxygens (including phenoxy) is 2. The molecule has 11 heteroatoms. The topological polar surface area (TPSA) is 102 Å². The first-order valence-electron chi connectivity index (χ1n) is 13.0. The molecule has 8 nitrogen and oxygen atoms in total. The molecule has 0 aliphatic carbocycles. The number of ketones is 1. The number of hydrogen-bond donors (Lipinski definition) is 1. The van der Waals surface area contributed by atoms with Gasteiger partial charge in [-0.1, -0.05) is 36.4 Å². The third-order valence-electron chi connectivity index (χ3n) is 7.20. The Morgan fingerprint density at radius 2 is 1.68 bits per heavy atom. The number of hydrogen-bond acceptors (Lipinski definition) is 6. The lowest BCUT2D eigenvalue weighted by molar-refractivity contribution is -0.143. The maximum atomic E-state index is 14.1. The average Bonchev–Trinajstić information content (AvgIpc) is 2.98. The second-order valence-corrected chi connectivity index (χ2v) is 9.80. The molecular weight excluding hydrogens is 541 g/mol. The lowest BCUT2D eigenvalue weighted by Crippen LogP contribution is -2.49. The molecule has 1 saturated heterocycles. The third kappa shape index (κ3) is 6.67. The predicted molar refractivity (Wildman–Crippen MR) is 143 cm³/mol. The predicted octanol–water partition coefficient (Wildman–Crippen LogP) is 4.11. The molecule has 1 aliphatic heterocycles. The molecule has 1 heterocycles. The summed E-state index contributed by atoms with van der Waals surface area (Å²) in [6.07, 6.45) is 0.123. The first-order valence-corrected chi connectivity index (χ1v) is 13.0. The number of nitrogens with one attached hydrogen (secondary N) is 1. The van der Waals surface area contributed by atoms with Gasteiger partial charge >= 0.3 is 5.97 Å². The Kier molecular flexibility index (Phi) is 9.26. The van der Waals surface area contributed by atoms with E-state index in [1.54, 1.807) is 11.0 Å². The standard InChI is InChI=1S/C30H29F3N2O6/c1-17-22(31)14-23(32)27(33)28(17)41-16-25(36)24(15-26(37)40-2)34-29(38)19-10-12-35(13-11-19)30(39)21-9-5-7-18-6-3-4-8-20(18)21/h3-9,14,19,24H,10-13,15-16H2,1-2H3,(H,34,38)/t24-/m0/s1. The minimum absolute atomic E-state index is 0.145. The van der Waals surface area contributed by atoms with Gasteiger partial charge in [-0.15, -0.1) is 0 Å². The summed E-state index contributed by atoms with van der Waals surface area (Å²) < 4.78 is 51.3. The number of carbonyl (C=O) groups is 4. The molecule has 0 spiro atoms. The quantitative estimate of drug-likeness (QED) is 0.307. The second-order valence-electron chi connectivity index (χ2n) is 9.80. The van der Waals surface area contributed by atoms with Crippen LogP contribution >= 0.6 is 0 Å². The maximum absolute atomic E-state index is 14.1. The van der Waals surface area contributed by atoms with Crippen molar-refractivity contribution in [2.75, 3.05) is 26.8 Å². The van der Waals surface area contributed by atoms with Crippen molar-refractivity contribution < 1.29 is 41.8 Å². The maximum Gasteiger partial charge on any atom is 0.308 e. The fourth-order valence-corrected chi connectivity index (χ4v) is 4.79. The van der Waals surface area contributed by atoms with Gasteiger partial charge in [-0.05, 0) is 36.6 Å². The van der Waals surface area contributed by atoms with Gasteiger partial charge in [-0.3, -0.25) is 19.2 Å². The van der Waals surface area contributed by atoms with Gasteiger partial charge in [0.1, 0.15) is 18.5 Å². The number of fused-ring (bicyclic) bond motifs is 1. The molecule has 1 aliphatic rings. The van der Waals surface area contributed by atoms with E-state index in [1.807, 2.05) is 36.4 Å². The Bertz CT molecular complexity index is 1460. The summed E-state index contributed by atoms with van der Waals surface area (Å²) >= 11 is 0. The molecule has 3 aromatic carbocycles. The molecule has 2 amide bonds. The highest BCUT2D eigenvalue weighted by atomic mass is 19.2. The smallest absolute Gasteiger partial charge is 0.308 e. The summed E-state index contributed by atoms with van der Waals surface area (Å²) in [5.41, 5.74) is 0.231. The Morgan fingerprint density at radius 3 is 2.39 bits per heavy atom. The van der Waals surface area contributed by atoms with E-state index in [4.69, 9.17) is 4.74 Å². The second kappa shape index (κ2) is 12.8. The first kappa shape index (κ1) is 29.6. The molecule has 1 N–H and O–H groups in total. The number of nitrogens with zero attached hydrogens (tertiary/aromatic N) is 1. The fraction of sp³-hybridized carbons (Fsp3) is 0.333. The number of Topliss-reactive ketones (excluding diaryl/α,β-unsaturated/α-hetero) is 1. The Morgan fingerprint density at radius 1 is 1.00 bits per heavy atom. The highest BCUT2D eigenvalue weighted by molar-refractivity contribution is 6.07. The van der Waals surface area contributed by atoms with Gasteiger partial charge in [0.15, 0.2) is 17.3 Å². The average molecular weight is 571 g/mol. The minimum atomic E-state index is -1.49. The summed E-state index contributed by atoms with van der Waals surface area (Å²) in [5, 5.41) is 4.30. The molecule has 3 aromatic rings. The van der Waals surface area contributed by atoms with E-state index >= 15 is 0 Å². The van der Waals surface area contributed by atoms with Crippen molar-refractivity contribution in [1.82, 2.24) is 10.2 Å². The van der Waals surface area contributed by atoms with Gasteiger partial charge in [-0.2, -0.15) is 4.39 Å². The van der Waals surface area contributed by atoms with Gasteiger partial charge < -0.3 is 19.7 Å². The van der Waals surface area contributed by atoms with Crippen LogP contribution in [0.25, 0.3) is 10.8 Å². The van der Waals surface area contributed by atoms with Crippen molar-refractivity contribution in [3.05, 3.63) is 77.1 Å². The molecule has 0 radical (unpaired) electrons. The lowest BCUT2D eigenvalue weighted by atomic mass is 9.94. The van der Waals surface area contributed by atoms with Crippen LogP contribution in [-0.2, 0) is 19.1 Å². The number of methoxy groups -OCH3 is 1. The molecule has 0 bridgehead atoms. The monoisotopic (exact) mass is 570 g/mol. The van der Waals surface area contributed by atoms with Crippen molar-refractivity contribution >= 4 is 34.3 Å². The van der Waals surface area contributed by atoms with Gasteiger partial charge in [0.2, 0.25) is 11.7 Å². The highest BCUT2D eigenvalue weighted by Crippen LogP contribution is 2.28. The molecule has 0 unspecified atom stereocenters. The molecular formula is C30H29F3N2O6. The van der Waals surface area contributed by atoms with Crippen LogP contribution in [0.15, 0.2) is 48.5 Å². The van der Waals surface area contributed by atoms with Crippen molar-refractivity contribution in [3.63, 3.8) is 0 Å². The Balaban J connectivity index is 1.39. The van der Waals surface area contributed by atoms with Crippen LogP contribution < -0.4 is 10.1 Å². The molecule has 0 aromatic heterocycles. The van der Waals surface area contributed by atoms with Crippen molar-refractivity contribution in [2.45, 2.75) is 32.2 Å². The van der Waals surface area contributed by atoms with Crippen LogP contribution in [0.3, 0.4) is 0 Å². The number of esters is 1. The summed E-state index contributed by atoms with van der Waals surface area (Å²) in [7, 11) is 1.11. The highest BCUT2D eigenvalue weighted by Gasteiger charge is 2.32. The van der Waals surface area contributed by atoms with Gasteiger partial charge in [0.25, 0.3) is 5.91 Å². The SMILES string of the molecule is COC(=O)C[C@H](NC(=O)C1CCN(C(=O)c2cccc3ccccc23)CC1)C(=O)COc1c(C)c(F)cc(F)c1F. The number of likely N-dealkylation sites (tertiary alicyclic amines) is 1. The molecule has 0 saturated carbocycles. The number of piperidine rings is 1. The van der Waals surface area contributed by atoms with Crippen LogP contribution in [-0.4, -0.2) is 61.3 Å². The van der Waals surface area contributed by atoms with Crippen LogP contribution in [0.5, 0.6) is 5.75 Å². The lowest BCUT2D eigenvalue weighted by Gasteiger charge is -2.32. The van der Waals surface area contributed by atoms with E-state index in [-0.39, 0.29) is 11.5 Å². The zero-order valence-electron chi connectivity index (χ0n) is 22.5. The molecule has 41 heavy (non-hydrogen) atoms. The number of amides is 2. The zero-order valence-corrected chi connectivity index (χ0v) is 22.5. The summed E-state index contributed by atoms with van der Waals surface area (Å²) in [6, 6.07) is 12.0. The van der Waals surface area contributed by atoms with Crippen molar-refractivity contribution in [1.29, 1.82) is 0 Å². The van der Waals surface area contributed by atoms with E-state index in [2.05, 4.69) is 10.1 Å². The fourth-order valence-electron chi connectivity index (χ4n) is 4.79. The normalized spacial score (nSPS) is 14.4. The Hall–Kier alpha value is -4.41. The number of halogens is 3. The largest absolute Gasteiger partial charge is 0.482 e. The number of carbonyl (C=O) groups excluding carboxylic acids is 4. The van der Waals surface area contributed by atoms with Crippen molar-refractivity contribution in [2.24, 2.45) is 5.92 Å². The number of benzene rings is 3. The van der Waals surface area contributed by atoms with E-state index < -0.39 is 65.8 Å². The molecule has 4 rings (SSSR count). The Labute approximate surface area is 234 Å². The summed E-state index contributed by atoms with van der Waals surface area (Å²) in [6.45, 7) is 0.911. The van der Waals surface area contributed by atoms with Crippen LogP contribution in [0.2, 0.25) is 0 Å². The van der Waals surface area contributed by atoms with E-state index in [9.17, 15) is 32.3 Å². The van der Waals surface area contributed by atoms with Crippen molar-refractivity contribution in [3.8, 4) is 5.75 Å². The summed E-state index contributed by atoms with van der Waals surface area (Å²) in [5.74, 6) is -7.60. The zero-order chi connectivity index (χ0) is 29.7. The minimum Gasteiger partial charge on any atom is -0.482 e. The number of rotatable bonds is 9. The van der Waals surface area contributed by atoms with E-state index in [0.29, 0.717) is 37.6 Å².